The van der Waals surface area contributed by atoms with Gasteiger partial charge < -0.3 is 4.98 Å². The van der Waals surface area contributed by atoms with E-state index in [2.05, 4.69) is 9.97 Å². The third-order valence-corrected chi connectivity index (χ3v) is 2.89. The number of halogens is 2. The van der Waals surface area contributed by atoms with E-state index in [0.29, 0.717) is 14.4 Å². The molecule has 0 aliphatic heterocycles. The number of aromatic amines is 1. The number of nitrogens with one attached hydrogen (secondary N) is 1. The molecule has 1 heterocycles. The lowest BCUT2D eigenvalue weighted by Crippen LogP contribution is -2.11. The molecule has 0 atom stereocenters. The van der Waals surface area contributed by atoms with Crippen molar-refractivity contribution in [2.75, 3.05) is 0 Å². The van der Waals surface area contributed by atoms with E-state index in [9.17, 15) is 4.79 Å². The average molecular weight is 333 g/mol. The highest BCUT2D eigenvalue weighted by atomic mass is 127. The molecule has 0 fully saturated rings. The van der Waals surface area contributed by atoms with E-state index in [-0.39, 0.29) is 5.56 Å². The van der Waals surface area contributed by atoms with E-state index in [0.717, 1.165) is 5.56 Å². The normalized spacial score (nSPS) is 10.3. The van der Waals surface area contributed by atoms with Gasteiger partial charge in [-0.1, -0.05) is 11.6 Å². The molecule has 3 nitrogen and oxygen atoms in total. The summed E-state index contributed by atoms with van der Waals surface area (Å²) in [6.07, 6.45) is 1.54. The van der Waals surface area contributed by atoms with Gasteiger partial charge in [0, 0.05) is 16.8 Å². The zero-order chi connectivity index (χ0) is 10.8. The molecule has 2 aromatic rings. The molecule has 0 aliphatic carbocycles. The lowest BCUT2D eigenvalue weighted by molar-refractivity contribution is 1.11. The smallest absolute Gasteiger partial charge is 0.264 e. The molecule has 1 N–H and O–H groups in total. The Balaban J connectivity index is 2.50. The summed E-state index contributed by atoms with van der Waals surface area (Å²) in [7, 11) is 0. The minimum Gasteiger partial charge on any atom is -0.306 e. The maximum atomic E-state index is 11.4. The van der Waals surface area contributed by atoms with Crippen molar-refractivity contribution in [2.45, 2.75) is 0 Å². The number of benzene rings is 1. The van der Waals surface area contributed by atoms with Crippen LogP contribution >= 0.6 is 34.2 Å². The SMILES string of the molecule is O=c1[nH]c(-c2ccc(Cl)cc2)ncc1I. The number of nitrogens with zero attached hydrogens (tertiary/aromatic N) is 1. The number of hydrogen-bond acceptors (Lipinski definition) is 2. The zero-order valence-corrected chi connectivity index (χ0v) is 10.4. The fraction of sp³-hybridized carbons (Fsp3) is 0. The first-order valence-corrected chi connectivity index (χ1v) is 5.63. The van der Waals surface area contributed by atoms with Crippen molar-refractivity contribution in [3.63, 3.8) is 0 Å². The topological polar surface area (TPSA) is 45.8 Å². The van der Waals surface area contributed by atoms with Crippen molar-refractivity contribution < 1.29 is 0 Å². The van der Waals surface area contributed by atoms with Gasteiger partial charge in [0.1, 0.15) is 5.82 Å². The monoisotopic (exact) mass is 332 g/mol. The minimum atomic E-state index is -0.129. The minimum absolute atomic E-state index is 0.129. The third-order valence-electron chi connectivity index (χ3n) is 1.87. The molecule has 76 valence electrons. The Morgan fingerprint density at radius 1 is 1.27 bits per heavy atom. The van der Waals surface area contributed by atoms with Crippen LogP contribution < -0.4 is 5.56 Å². The van der Waals surface area contributed by atoms with Crippen LogP contribution in [0.4, 0.5) is 0 Å². The van der Waals surface area contributed by atoms with Gasteiger partial charge in [-0.3, -0.25) is 4.79 Å². The van der Waals surface area contributed by atoms with Crippen LogP contribution in [0, 0.1) is 3.57 Å². The first-order valence-electron chi connectivity index (χ1n) is 4.17. The Hall–Kier alpha value is -0.880. The maximum Gasteiger partial charge on any atom is 0.264 e. The molecule has 1 aromatic heterocycles. The summed E-state index contributed by atoms with van der Waals surface area (Å²) in [5.74, 6) is 0.553. The molecular formula is C10H6ClIN2O. The highest BCUT2D eigenvalue weighted by molar-refractivity contribution is 14.1. The fourth-order valence-electron chi connectivity index (χ4n) is 1.13. The van der Waals surface area contributed by atoms with Crippen molar-refractivity contribution in [1.29, 1.82) is 0 Å². The summed E-state index contributed by atoms with van der Waals surface area (Å²) in [4.78, 5) is 18.2. The van der Waals surface area contributed by atoms with Crippen molar-refractivity contribution in [3.05, 3.63) is 49.4 Å². The summed E-state index contributed by atoms with van der Waals surface area (Å²) in [6, 6.07) is 7.14. The van der Waals surface area contributed by atoms with Gasteiger partial charge in [0.2, 0.25) is 0 Å². The van der Waals surface area contributed by atoms with Gasteiger partial charge in [-0.05, 0) is 46.9 Å². The van der Waals surface area contributed by atoms with E-state index in [1.54, 1.807) is 18.3 Å². The van der Waals surface area contributed by atoms with Crippen LogP contribution in [-0.2, 0) is 0 Å². The second kappa shape index (κ2) is 4.32. The molecule has 0 aliphatic rings. The van der Waals surface area contributed by atoms with Gasteiger partial charge in [-0.2, -0.15) is 0 Å². The molecule has 0 unspecified atom stereocenters. The third kappa shape index (κ3) is 2.38. The molecular weight excluding hydrogens is 326 g/mol. The first-order chi connectivity index (χ1) is 7.16. The Bertz CT molecular complexity index is 536. The number of rotatable bonds is 1. The first kappa shape index (κ1) is 10.6. The number of aromatic nitrogens is 2. The zero-order valence-electron chi connectivity index (χ0n) is 7.50. The second-order valence-corrected chi connectivity index (χ2v) is 4.51. The van der Waals surface area contributed by atoms with Gasteiger partial charge >= 0.3 is 0 Å². The average Bonchev–Trinajstić information content (AvgIpc) is 2.23. The molecule has 0 radical (unpaired) electrons. The van der Waals surface area contributed by atoms with Crippen molar-refractivity contribution in [1.82, 2.24) is 9.97 Å². The van der Waals surface area contributed by atoms with Crippen molar-refractivity contribution in [3.8, 4) is 11.4 Å². The predicted octanol–water partition coefficient (Wildman–Crippen LogP) is 2.69. The van der Waals surface area contributed by atoms with E-state index < -0.39 is 0 Å². The number of hydrogen-bond donors (Lipinski definition) is 1. The second-order valence-electron chi connectivity index (χ2n) is 2.92. The van der Waals surface area contributed by atoms with Crippen LogP contribution in [0.15, 0.2) is 35.3 Å². The Morgan fingerprint density at radius 2 is 1.93 bits per heavy atom. The quantitative estimate of drug-likeness (QED) is 0.816. The van der Waals surface area contributed by atoms with E-state index >= 15 is 0 Å². The molecule has 0 amide bonds. The summed E-state index contributed by atoms with van der Waals surface area (Å²) >= 11 is 7.70. The van der Waals surface area contributed by atoms with Gasteiger partial charge in [0.05, 0.1) is 3.57 Å². The van der Waals surface area contributed by atoms with Crippen LogP contribution in [0.1, 0.15) is 0 Å². The fourth-order valence-corrected chi connectivity index (χ4v) is 1.53. The molecule has 0 bridgehead atoms. The van der Waals surface area contributed by atoms with Crippen molar-refractivity contribution in [2.24, 2.45) is 0 Å². The predicted molar refractivity (Wildman–Crippen MR) is 68.0 cm³/mol. The summed E-state index contributed by atoms with van der Waals surface area (Å²) < 4.78 is 0.574. The van der Waals surface area contributed by atoms with E-state index in [1.165, 1.54) is 0 Å². The van der Waals surface area contributed by atoms with Gasteiger partial charge in [-0.25, -0.2) is 4.98 Å². The lowest BCUT2D eigenvalue weighted by Gasteiger charge is -2.00. The van der Waals surface area contributed by atoms with Crippen LogP contribution in [0.25, 0.3) is 11.4 Å². The lowest BCUT2D eigenvalue weighted by atomic mass is 10.2. The van der Waals surface area contributed by atoms with Crippen LogP contribution in [0.5, 0.6) is 0 Å². The van der Waals surface area contributed by atoms with Gasteiger partial charge in [0.15, 0.2) is 0 Å². The molecule has 0 saturated heterocycles. The molecule has 2 rings (SSSR count). The Labute approximate surface area is 105 Å². The van der Waals surface area contributed by atoms with Crippen LogP contribution in [-0.4, -0.2) is 9.97 Å². The molecule has 1 aromatic carbocycles. The summed E-state index contributed by atoms with van der Waals surface area (Å²) in [5, 5.41) is 0.659. The largest absolute Gasteiger partial charge is 0.306 e. The van der Waals surface area contributed by atoms with Gasteiger partial charge in [-0.15, -0.1) is 0 Å². The van der Waals surface area contributed by atoms with Crippen molar-refractivity contribution >= 4 is 34.2 Å². The molecule has 15 heavy (non-hydrogen) atoms. The Kier molecular flexibility index (Phi) is 3.06. The maximum absolute atomic E-state index is 11.4. The van der Waals surface area contributed by atoms with E-state index in [4.69, 9.17) is 11.6 Å². The molecule has 0 saturated carbocycles. The Morgan fingerprint density at radius 3 is 2.53 bits per heavy atom. The highest BCUT2D eigenvalue weighted by Gasteiger charge is 2.02. The van der Waals surface area contributed by atoms with Crippen LogP contribution in [0.3, 0.4) is 0 Å². The molecule has 5 heteroatoms. The van der Waals surface area contributed by atoms with Gasteiger partial charge in [0.25, 0.3) is 5.56 Å². The summed E-state index contributed by atoms with van der Waals surface area (Å²) in [6.45, 7) is 0. The summed E-state index contributed by atoms with van der Waals surface area (Å²) in [5.41, 5.74) is 0.712. The molecule has 0 spiro atoms. The standard InChI is InChI=1S/C10H6ClIN2O/c11-7-3-1-6(2-4-7)9-13-5-8(12)10(15)14-9/h1-5H,(H,13,14,15). The van der Waals surface area contributed by atoms with E-state index in [1.807, 2.05) is 34.7 Å². The number of H-pyrrole nitrogens is 1. The van der Waals surface area contributed by atoms with Crippen LogP contribution in [0.2, 0.25) is 5.02 Å². The highest BCUT2D eigenvalue weighted by Crippen LogP contribution is 2.16.